The van der Waals surface area contributed by atoms with E-state index in [0.717, 1.165) is 19.1 Å². The van der Waals surface area contributed by atoms with Gasteiger partial charge in [0.15, 0.2) is 0 Å². The van der Waals surface area contributed by atoms with E-state index in [0.29, 0.717) is 18.6 Å². The van der Waals surface area contributed by atoms with Gasteiger partial charge in [0.1, 0.15) is 0 Å². The molecule has 0 spiro atoms. The lowest BCUT2D eigenvalue weighted by atomic mass is 9.77. The van der Waals surface area contributed by atoms with Crippen LogP contribution in [0.2, 0.25) is 0 Å². The molecule has 1 aliphatic heterocycles. The second-order valence-corrected chi connectivity index (χ2v) is 4.69. The molecule has 1 saturated heterocycles. The van der Waals surface area contributed by atoms with Gasteiger partial charge in [-0.25, -0.2) is 0 Å². The van der Waals surface area contributed by atoms with Crippen molar-refractivity contribution in [2.24, 2.45) is 11.8 Å². The largest absolute Gasteiger partial charge is 0.395 e. The van der Waals surface area contributed by atoms with Crippen LogP contribution in [0, 0.1) is 11.8 Å². The van der Waals surface area contributed by atoms with E-state index < -0.39 is 0 Å². The monoisotopic (exact) mass is 211 g/mol. The molecule has 1 fully saturated rings. The predicted octanol–water partition coefficient (Wildman–Crippen LogP) is 0.940. The Hall–Kier alpha value is -0.380. The average Bonchev–Trinajstić information content (AvgIpc) is 2.26. The lowest BCUT2D eigenvalue weighted by Gasteiger charge is -2.40. The molecule has 1 heterocycles. The van der Waals surface area contributed by atoms with Gasteiger partial charge in [-0.1, -0.05) is 11.6 Å². The zero-order valence-electron chi connectivity index (χ0n) is 9.41. The highest BCUT2D eigenvalue weighted by Gasteiger charge is 2.34. The molecule has 0 aromatic heterocycles. The zero-order valence-corrected chi connectivity index (χ0v) is 9.41. The number of hydrogen-bond donors (Lipinski definition) is 2. The van der Waals surface area contributed by atoms with Crippen LogP contribution in [0.4, 0.5) is 0 Å². The first-order valence-electron chi connectivity index (χ1n) is 5.91. The first kappa shape index (κ1) is 11.1. The highest BCUT2D eigenvalue weighted by molar-refractivity contribution is 5.12. The smallest absolute Gasteiger partial charge is 0.0764 e. The summed E-state index contributed by atoms with van der Waals surface area (Å²) in [6.07, 6.45) is 5.16. The Kier molecular flexibility index (Phi) is 3.78. The molecule has 0 radical (unpaired) electrons. The molecule has 2 rings (SSSR count). The molecule has 0 aromatic rings. The van der Waals surface area contributed by atoms with E-state index in [4.69, 9.17) is 9.84 Å². The summed E-state index contributed by atoms with van der Waals surface area (Å²) >= 11 is 0. The molecule has 0 aromatic carbocycles. The highest BCUT2D eigenvalue weighted by atomic mass is 16.5. The molecule has 3 atom stereocenters. The number of hydrogen-bond acceptors (Lipinski definition) is 3. The molecule has 1 aliphatic carbocycles. The Morgan fingerprint density at radius 2 is 2.47 bits per heavy atom. The normalized spacial score (nSPS) is 35.1. The van der Waals surface area contributed by atoms with Crippen LogP contribution in [0.3, 0.4) is 0 Å². The van der Waals surface area contributed by atoms with Gasteiger partial charge in [0, 0.05) is 19.0 Å². The Balaban J connectivity index is 1.89. The third-order valence-electron chi connectivity index (χ3n) is 3.57. The van der Waals surface area contributed by atoms with Gasteiger partial charge < -0.3 is 15.2 Å². The fourth-order valence-electron chi connectivity index (χ4n) is 2.63. The maximum Gasteiger partial charge on any atom is 0.0764 e. The van der Waals surface area contributed by atoms with Crippen molar-refractivity contribution in [2.75, 3.05) is 26.3 Å². The minimum Gasteiger partial charge on any atom is -0.395 e. The van der Waals surface area contributed by atoms with E-state index in [-0.39, 0.29) is 6.61 Å². The van der Waals surface area contributed by atoms with Crippen LogP contribution in [0.25, 0.3) is 0 Å². The summed E-state index contributed by atoms with van der Waals surface area (Å²) in [5.74, 6) is 1.34. The van der Waals surface area contributed by atoms with Crippen molar-refractivity contribution in [3.05, 3.63) is 11.6 Å². The van der Waals surface area contributed by atoms with Gasteiger partial charge in [0.25, 0.3) is 0 Å². The number of fused-ring (bicyclic) bond motifs is 2. The van der Waals surface area contributed by atoms with E-state index in [1.165, 1.54) is 18.4 Å². The second-order valence-electron chi connectivity index (χ2n) is 4.69. The van der Waals surface area contributed by atoms with Gasteiger partial charge >= 0.3 is 0 Å². The van der Waals surface area contributed by atoms with Gasteiger partial charge in [0.05, 0.1) is 19.3 Å². The maximum atomic E-state index is 8.71. The molecule has 2 aliphatic rings. The summed E-state index contributed by atoms with van der Waals surface area (Å²) in [6.45, 7) is 4.86. The van der Waals surface area contributed by atoms with Crippen LogP contribution < -0.4 is 5.32 Å². The number of ether oxygens (including phenoxy) is 1. The molecular weight excluding hydrogens is 190 g/mol. The topological polar surface area (TPSA) is 41.5 Å². The molecule has 2 bridgehead atoms. The first-order chi connectivity index (χ1) is 7.31. The van der Waals surface area contributed by atoms with Gasteiger partial charge in [-0.15, -0.1) is 0 Å². The van der Waals surface area contributed by atoms with Crippen molar-refractivity contribution in [1.29, 1.82) is 0 Å². The molecule has 0 unspecified atom stereocenters. The summed E-state index contributed by atoms with van der Waals surface area (Å²) < 4.78 is 5.88. The molecule has 3 heteroatoms. The zero-order chi connectivity index (χ0) is 10.7. The molecule has 0 saturated carbocycles. The quantitative estimate of drug-likeness (QED) is 0.537. The van der Waals surface area contributed by atoms with Crippen molar-refractivity contribution < 1.29 is 9.84 Å². The van der Waals surface area contributed by atoms with E-state index in [2.05, 4.69) is 18.3 Å². The van der Waals surface area contributed by atoms with Crippen molar-refractivity contribution in [3.63, 3.8) is 0 Å². The summed E-state index contributed by atoms with van der Waals surface area (Å²) in [6, 6.07) is 0. The number of rotatable bonds is 4. The van der Waals surface area contributed by atoms with E-state index in [1.807, 2.05) is 0 Å². The Morgan fingerprint density at radius 1 is 1.60 bits per heavy atom. The fraction of sp³-hybridized carbons (Fsp3) is 0.833. The first-order valence-corrected chi connectivity index (χ1v) is 5.91. The molecule has 86 valence electrons. The average molecular weight is 211 g/mol. The second kappa shape index (κ2) is 5.10. The minimum absolute atomic E-state index is 0.203. The lowest BCUT2D eigenvalue weighted by Crippen LogP contribution is -2.43. The summed E-state index contributed by atoms with van der Waals surface area (Å²) in [4.78, 5) is 0. The molecule has 2 N–H and O–H groups in total. The van der Waals surface area contributed by atoms with Crippen LogP contribution in [0.5, 0.6) is 0 Å². The maximum absolute atomic E-state index is 8.71. The van der Waals surface area contributed by atoms with Gasteiger partial charge in [0.2, 0.25) is 0 Å². The molecule has 15 heavy (non-hydrogen) atoms. The fourth-order valence-corrected chi connectivity index (χ4v) is 2.63. The predicted molar refractivity (Wildman–Crippen MR) is 59.7 cm³/mol. The van der Waals surface area contributed by atoms with Crippen LogP contribution in [0.15, 0.2) is 11.6 Å². The van der Waals surface area contributed by atoms with Crippen LogP contribution in [-0.4, -0.2) is 37.5 Å². The molecular formula is C12H21NO2. The van der Waals surface area contributed by atoms with Crippen molar-refractivity contribution >= 4 is 0 Å². The van der Waals surface area contributed by atoms with Crippen molar-refractivity contribution in [3.8, 4) is 0 Å². The van der Waals surface area contributed by atoms with E-state index in [9.17, 15) is 0 Å². The highest BCUT2D eigenvalue weighted by Crippen LogP contribution is 2.36. The van der Waals surface area contributed by atoms with Crippen LogP contribution in [0.1, 0.15) is 19.8 Å². The third-order valence-corrected chi connectivity index (χ3v) is 3.57. The number of nitrogens with one attached hydrogen (secondary N) is 1. The Labute approximate surface area is 91.5 Å². The van der Waals surface area contributed by atoms with Crippen molar-refractivity contribution in [1.82, 2.24) is 5.32 Å². The van der Waals surface area contributed by atoms with Gasteiger partial charge in [-0.3, -0.25) is 0 Å². The minimum atomic E-state index is 0.203. The van der Waals surface area contributed by atoms with E-state index >= 15 is 0 Å². The van der Waals surface area contributed by atoms with Gasteiger partial charge in [-0.05, 0) is 25.7 Å². The van der Waals surface area contributed by atoms with Gasteiger partial charge in [-0.2, -0.15) is 0 Å². The third kappa shape index (κ3) is 2.60. The molecule has 3 nitrogen and oxygen atoms in total. The lowest BCUT2D eigenvalue weighted by molar-refractivity contribution is -0.0477. The van der Waals surface area contributed by atoms with Crippen LogP contribution >= 0.6 is 0 Å². The summed E-state index contributed by atoms with van der Waals surface area (Å²) in [5, 5.41) is 11.9. The SMILES string of the molecule is CC1=CC[C@@H]2CO[C@@H](CNCCO)[C@H]1C2. The van der Waals surface area contributed by atoms with Crippen molar-refractivity contribution in [2.45, 2.75) is 25.9 Å². The Morgan fingerprint density at radius 3 is 3.27 bits per heavy atom. The summed E-state index contributed by atoms with van der Waals surface area (Å²) in [5.41, 5.74) is 1.49. The number of allylic oxidation sites excluding steroid dienone is 1. The molecule has 0 amide bonds. The van der Waals surface area contributed by atoms with Crippen LogP contribution in [-0.2, 0) is 4.74 Å². The summed E-state index contributed by atoms with van der Waals surface area (Å²) in [7, 11) is 0. The number of aliphatic hydroxyl groups is 1. The standard InChI is InChI=1S/C12H21NO2/c1-9-2-3-10-6-11(9)12(15-8-10)7-13-4-5-14/h2,10-14H,3-8H2,1H3/t10-,11-,12-/m0/s1. The van der Waals surface area contributed by atoms with E-state index in [1.54, 1.807) is 0 Å². The Bertz CT molecular complexity index is 240. The number of aliphatic hydroxyl groups excluding tert-OH is 1.